The number of hydrogen-bond acceptors (Lipinski definition) is 4. The molecule has 2 rings (SSSR count). The molecule has 0 atom stereocenters. The smallest absolute Gasteiger partial charge is 0.191 e. The maximum Gasteiger partial charge on any atom is 0.191 e. The van der Waals surface area contributed by atoms with Gasteiger partial charge in [0.15, 0.2) is 5.96 Å². The minimum absolute atomic E-state index is 0.138. The molecule has 136 valence electrons. The van der Waals surface area contributed by atoms with E-state index in [2.05, 4.69) is 32.7 Å². The first-order valence-electron chi connectivity index (χ1n) is 8.37. The Balaban J connectivity index is 1.61. The average molecular weight is 364 g/mol. The number of rotatable bonds is 9. The van der Waals surface area contributed by atoms with Crippen molar-refractivity contribution in [3.63, 3.8) is 0 Å². The molecule has 0 spiro atoms. The molecule has 2 N–H and O–H groups in total. The van der Waals surface area contributed by atoms with Crippen LogP contribution in [0.5, 0.6) is 0 Å². The first kappa shape index (κ1) is 19.2. The van der Waals surface area contributed by atoms with Gasteiger partial charge < -0.3 is 15.2 Å². The first-order chi connectivity index (χ1) is 12.2. The summed E-state index contributed by atoms with van der Waals surface area (Å²) < 4.78 is 15.6. The Labute approximate surface area is 152 Å². The molecule has 2 aromatic rings. The van der Waals surface area contributed by atoms with Crippen LogP contribution in [0.2, 0.25) is 0 Å². The second-order valence-electron chi connectivity index (χ2n) is 5.36. The summed E-state index contributed by atoms with van der Waals surface area (Å²) >= 11 is 1.69. The molecule has 1 aromatic heterocycles. The van der Waals surface area contributed by atoms with E-state index in [1.165, 1.54) is 6.07 Å². The summed E-state index contributed by atoms with van der Waals surface area (Å²) in [6.45, 7) is 4.37. The van der Waals surface area contributed by atoms with E-state index in [0.29, 0.717) is 5.75 Å². The van der Waals surface area contributed by atoms with E-state index in [0.717, 1.165) is 49.2 Å². The van der Waals surface area contributed by atoms with Crippen molar-refractivity contribution >= 4 is 17.7 Å². The topological polar surface area (TPSA) is 67.1 Å². The van der Waals surface area contributed by atoms with Gasteiger partial charge in [-0.05, 0) is 11.6 Å². The third kappa shape index (κ3) is 6.38. The lowest BCUT2D eigenvalue weighted by atomic mass is 10.2. The van der Waals surface area contributed by atoms with Crippen molar-refractivity contribution in [3.05, 3.63) is 47.8 Å². The standard InChI is InChI=1S/C17H25FN6S/c1-3-16-23-22-13-24(16)10-8-20-17(19-2)21-9-11-25-12-14-6-4-5-7-15(14)18/h4-7,13H,3,8-12H2,1-2H3,(H2,19,20,21). The van der Waals surface area contributed by atoms with E-state index in [9.17, 15) is 4.39 Å². The van der Waals surface area contributed by atoms with Gasteiger partial charge in [0.25, 0.3) is 0 Å². The average Bonchev–Trinajstić information content (AvgIpc) is 3.09. The Kier molecular flexibility index (Phi) is 8.24. The molecular weight excluding hydrogens is 339 g/mol. The van der Waals surface area contributed by atoms with Gasteiger partial charge in [-0.15, -0.1) is 10.2 Å². The maximum atomic E-state index is 13.5. The molecule has 0 radical (unpaired) electrons. The Morgan fingerprint density at radius 3 is 2.84 bits per heavy atom. The monoisotopic (exact) mass is 364 g/mol. The van der Waals surface area contributed by atoms with Crippen LogP contribution in [0.25, 0.3) is 0 Å². The van der Waals surface area contributed by atoms with Crippen LogP contribution in [0.15, 0.2) is 35.6 Å². The highest BCUT2D eigenvalue weighted by atomic mass is 32.2. The van der Waals surface area contributed by atoms with Gasteiger partial charge in [-0.1, -0.05) is 25.1 Å². The van der Waals surface area contributed by atoms with E-state index >= 15 is 0 Å². The van der Waals surface area contributed by atoms with E-state index in [1.54, 1.807) is 31.2 Å². The number of benzene rings is 1. The van der Waals surface area contributed by atoms with E-state index in [4.69, 9.17) is 0 Å². The summed E-state index contributed by atoms with van der Waals surface area (Å²) in [7, 11) is 1.75. The minimum atomic E-state index is -0.138. The number of aryl methyl sites for hydroxylation is 1. The highest BCUT2D eigenvalue weighted by Gasteiger charge is 2.03. The third-order valence-corrected chi connectivity index (χ3v) is 4.64. The summed E-state index contributed by atoms with van der Waals surface area (Å²) in [5, 5.41) is 14.5. The predicted octanol–water partition coefficient (Wildman–Crippen LogP) is 2.08. The Morgan fingerprint density at radius 1 is 1.28 bits per heavy atom. The van der Waals surface area contributed by atoms with Crippen LogP contribution in [0.4, 0.5) is 4.39 Å². The third-order valence-electron chi connectivity index (χ3n) is 3.63. The highest BCUT2D eigenvalue weighted by molar-refractivity contribution is 7.98. The molecule has 0 fully saturated rings. The van der Waals surface area contributed by atoms with Gasteiger partial charge in [0.2, 0.25) is 0 Å². The van der Waals surface area contributed by atoms with Crippen LogP contribution in [0, 0.1) is 5.82 Å². The molecule has 25 heavy (non-hydrogen) atoms. The largest absolute Gasteiger partial charge is 0.356 e. The number of nitrogens with one attached hydrogen (secondary N) is 2. The zero-order chi connectivity index (χ0) is 17.9. The normalized spacial score (nSPS) is 11.6. The number of halogens is 1. The summed E-state index contributed by atoms with van der Waals surface area (Å²) in [5.41, 5.74) is 0.746. The van der Waals surface area contributed by atoms with Gasteiger partial charge >= 0.3 is 0 Å². The van der Waals surface area contributed by atoms with E-state index in [-0.39, 0.29) is 5.82 Å². The number of thioether (sulfide) groups is 1. The summed E-state index contributed by atoms with van der Waals surface area (Å²) in [4.78, 5) is 4.20. The van der Waals surface area contributed by atoms with E-state index in [1.807, 2.05) is 16.7 Å². The van der Waals surface area contributed by atoms with Crippen LogP contribution in [0.3, 0.4) is 0 Å². The Bertz CT molecular complexity index is 673. The molecule has 0 aliphatic carbocycles. The fourth-order valence-electron chi connectivity index (χ4n) is 2.29. The molecule has 1 aromatic carbocycles. The fourth-order valence-corrected chi connectivity index (χ4v) is 3.14. The van der Waals surface area contributed by atoms with Gasteiger partial charge in [0.05, 0.1) is 0 Å². The molecule has 0 unspecified atom stereocenters. The summed E-state index contributed by atoms with van der Waals surface area (Å²) in [5.74, 6) is 3.15. The molecule has 0 saturated carbocycles. The van der Waals surface area contributed by atoms with Crippen molar-refractivity contribution in [2.24, 2.45) is 4.99 Å². The molecule has 0 amide bonds. The van der Waals surface area contributed by atoms with Crippen molar-refractivity contribution in [2.75, 3.05) is 25.9 Å². The number of guanidine groups is 1. The zero-order valence-electron chi connectivity index (χ0n) is 14.7. The molecule has 0 saturated heterocycles. The second kappa shape index (κ2) is 10.7. The van der Waals surface area contributed by atoms with Gasteiger partial charge in [0, 0.05) is 44.6 Å². The second-order valence-corrected chi connectivity index (χ2v) is 6.47. The maximum absolute atomic E-state index is 13.5. The minimum Gasteiger partial charge on any atom is -0.356 e. The van der Waals surface area contributed by atoms with Crippen molar-refractivity contribution in [2.45, 2.75) is 25.6 Å². The SMILES string of the molecule is CCc1nncn1CCNC(=NC)NCCSCc1ccccc1F. The number of nitrogens with zero attached hydrogens (tertiary/aromatic N) is 4. The summed E-state index contributed by atoms with van der Waals surface area (Å²) in [6.07, 6.45) is 2.61. The van der Waals surface area contributed by atoms with E-state index < -0.39 is 0 Å². The molecular formula is C17H25FN6S. The summed E-state index contributed by atoms with van der Waals surface area (Å²) in [6, 6.07) is 6.90. The van der Waals surface area contributed by atoms with Crippen molar-refractivity contribution in [1.29, 1.82) is 0 Å². The Morgan fingerprint density at radius 2 is 2.08 bits per heavy atom. The van der Waals surface area contributed by atoms with Gasteiger partial charge in [0.1, 0.15) is 18.0 Å². The number of hydrogen-bond donors (Lipinski definition) is 2. The predicted molar refractivity (Wildman–Crippen MR) is 101 cm³/mol. The fraction of sp³-hybridized carbons (Fsp3) is 0.471. The molecule has 0 aliphatic heterocycles. The lowest BCUT2D eigenvalue weighted by Gasteiger charge is -2.12. The Hall–Kier alpha value is -2.09. The van der Waals surface area contributed by atoms with Crippen LogP contribution in [-0.2, 0) is 18.7 Å². The molecule has 6 nitrogen and oxygen atoms in total. The van der Waals surface area contributed by atoms with Crippen molar-refractivity contribution < 1.29 is 4.39 Å². The molecule has 0 aliphatic rings. The van der Waals surface area contributed by atoms with Gasteiger partial charge in [-0.2, -0.15) is 11.8 Å². The van der Waals surface area contributed by atoms with Crippen LogP contribution in [-0.4, -0.2) is 46.6 Å². The molecule has 1 heterocycles. The van der Waals surface area contributed by atoms with Crippen LogP contribution in [0.1, 0.15) is 18.3 Å². The van der Waals surface area contributed by atoms with Gasteiger partial charge in [-0.25, -0.2) is 4.39 Å². The van der Waals surface area contributed by atoms with Crippen molar-refractivity contribution in [1.82, 2.24) is 25.4 Å². The van der Waals surface area contributed by atoms with Crippen molar-refractivity contribution in [3.8, 4) is 0 Å². The first-order valence-corrected chi connectivity index (χ1v) is 9.52. The quantitative estimate of drug-likeness (QED) is 0.405. The van der Waals surface area contributed by atoms with Crippen LogP contribution >= 0.6 is 11.8 Å². The highest BCUT2D eigenvalue weighted by Crippen LogP contribution is 2.14. The number of aromatic nitrogens is 3. The molecule has 0 bridgehead atoms. The molecule has 8 heteroatoms. The zero-order valence-corrected chi connectivity index (χ0v) is 15.5. The lowest BCUT2D eigenvalue weighted by Crippen LogP contribution is -2.39. The van der Waals surface area contributed by atoms with Crippen LogP contribution < -0.4 is 10.6 Å². The van der Waals surface area contributed by atoms with Gasteiger partial charge in [-0.3, -0.25) is 4.99 Å². The number of aliphatic imine (C=N–C) groups is 1. The lowest BCUT2D eigenvalue weighted by molar-refractivity contribution is 0.617.